The van der Waals surface area contributed by atoms with Crippen LogP contribution < -0.4 is 32.8 Å². The van der Waals surface area contributed by atoms with Gasteiger partial charge in [0.1, 0.15) is 69.4 Å². The molecule has 278 valence electrons. The molecule has 12 radical (unpaired) electrons. The Bertz CT molecular complexity index is 3880. The molecule has 0 unspecified atom stereocenters. The highest BCUT2D eigenvalue weighted by Crippen LogP contribution is 2.38. The van der Waals surface area contributed by atoms with E-state index in [4.69, 9.17) is 70.9 Å². The molecule has 8 aromatic carbocycles. The zero-order valence-electron chi connectivity index (χ0n) is 33.4. The summed E-state index contributed by atoms with van der Waals surface area (Å²) in [5.74, 6) is 0.970. The van der Waals surface area contributed by atoms with Crippen molar-refractivity contribution in [2.75, 3.05) is 0 Å². The molecular weight excluding hydrogens is 765 g/mol. The maximum atomic E-state index is 7.23. The number of hydrogen-bond acceptors (Lipinski definition) is 5. The van der Waals surface area contributed by atoms with Gasteiger partial charge in [0.2, 0.25) is 0 Å². The zero-order chi connectivity index (χ0) is 42.7. The average Bonchev–Trinajstić information content (AvgIpc) is 4.01. The van der Waals surface area contributed by atoms with Gasteiger partial charge in [-0.15, -0.1) is 5.46 Å². The van der Waals surface area contributed by atoms with E-state index in [1.807, 2.05) is 114 Å². The Morgan fingerprint density at radius 1 is 0.365 bits per heavy atom. The molecule has 0 spiro atoms. The molecule has 0 bridgehead atoms. The van der Waals surface area contributed by atoms with Crippen LogP contribution in [0.15, 0.2) is 154 Å². The maximum absolute atomic E-state index is 7.23. The van der Waals surface area contributed by atoms with Gasteiger partial charge in [-0.1, -0.05) is 131 Å². The first-order valence-corrected chi connectivity index (χ1v) is 20.3. The van der Waals surface area contributed by atoms with Crippen LogP contribution in [0.25, 0.3) is 117 Å². The molecule has 0 fully saturated rings. The number of para-hydroxylation sites is 2. The third-order valence-electron chi connectivity index (χ3n) is 12.1. The third kappa shape index (κ3) is 5.57. The van der Waals surface area contributed by atoms with Crippen molar-refractivity contribution in [2.24, 2.45) is 0 Å². The van der Waals surface area contributed by atoms with Gasteiger partial charge >= 0.3 is 0 Å². The predicted molar refractivity (Wildman–Crippen MR) is 263 cm³/mol. The van der Waals surface area contributed by atoms with Crippen molar-refractivity contribution >= 4 is 146 Å². The first kappa shape index (κ1) is 37.3. The van der Waals surface area contributed by atoms with Gasteiger partial charge in [0.15, 0.2) is 17.5 Å². The van der Waals surface area contributed by atoms with Crippen molar-refractivity contribution < 1.29 is 8.83 Å². The summed E-state index contributed by atoms with van der Waals surface area (Å²) < 4.78 is 15.0. The topological polar surface area (TPSA) is 69.9 Å². The van der Waals surface area contributed by atoms with Crippen molar-refractivity contribution in [2.45, 2.75) is 0 Å². The average molecular weight is 790 g/mol. The molecule has 0 amide bonds. The quantitative estimate of drug-likeness (QED) is 0.195. The molecule has 4 heterocycles. The Morgan fingerprint density at radius 2 is 0.968 bits per heavy atom. The number of hydrogen-bond donors (Lipinski definition) is 0. The molecule has 12 aromatic rings. The molecule has 0 aliphatic heterocycles. The largest absolute Gasteiger partial charge is 0.457 e. The summed E-state index contributed by atoms with van der Waals surface area (Å²) in [5, 5.41) is 4.82. The van der Waals surface area contributed by atoms with Gasteiger partial charge in [0.05, 0.1) is 11.0 Å². The van der Waals surface area contributed by atoms with Crippen LogP contribution in [0.2, 0.25) is 0 Å². The first-order valence-electron chi connectivity index (χ1n) is 20.3. The third-order valence-corrected chi connectivity index (χ3v) is 12.1. The number of aromatic nitrogens is 4. The van der Waals surface area contributed by atoms with Crippen molar-refractivity contribution in [3.63, 3.8) is 0 Å². The van der Waals surface area contributed by atoms with E-state index >= 15 is 0 Å². The van der Waals surface area contributed by atoms with Crippen LogP contribution in [-0.4, -0.2) is 66.6 Å². The number of nitrogens with zero attached hydrogens (tertiary/aromatic N) is 4. The molecule has 0 N–H and O–H groups in total. The van der Waals surface area contributed by atoms with E-state index < -0.39 is 0 Å². The summed E-state index contributed by atoms with van der Waals surface area (Å²) in [6, 6.07) is 48.1. The molecule has 12 heteroatoms. The summed E-state index contributed by atoms with van der Waals surface area (Å²) in [5.41, 5.74) is 9.12. The Kier molecular flexibility index (Phi) is 8.32. The second-order valence-electron chi connectivity index (χ2n) is 15.6. The highest BCUT2D eigenvalue weighted by Gasteiger charge is 2.27. The van der Waals surface area contributed by atoms with Crippen molar-refractivity contribution in [3.8, 4) is 51.0 Å². The minimum atomic E-state index is 0.0884. The fourth-order valence-corrected chi connectivity index (χ4v) is 9.05. The van der Waals surface area contributed by atoms with Crippen LogP contribution in [0.1, 0.15) is 0 Å². The van der Waals surface area contributed by atoms with Gasteiger partial charge in [0.25, 0.3) is 0 Å². The van der Waals surface area contributed by atoms with Crippen LogP contribution in [-0.2, 0) is 0 Å². The van der Waals surface area contributed by atoms with E-state index in [1.165, 1.54) is 0 Å². The van der Waals surface area contributed by atoms with Gasteiger partial charge in [-0.2, -0.15) is 0 Å². The molecule has 6 nitrogen and oxygen atoms in total. The normalized spacial score (nSPS) is 11.9. The lowest BCUT2D eigenvalue weighted by molar-refractivity contribution is 0.669. The van der Waals surface area contributed by atoms with Gasteiger partial charge in [0, 0.05) is 54.7 Å². The molecule has 0 aliphatic carbocycles. The van der Waals surface area contributed by atoms with Crippen LogP contribution in [0.3, 0.4) is 0 Å². The van der Waals surface area contributed by atoms with Gasteiger partial charge in [-0.05, 0) is 53.0 Å². The van der Waals surface area contributed by atoms with Crippen molar-refractivity contribution in [3.05, 3.63) is 146 Å². The zero-order valence-corrected chi connectivity index (χ0v) is 33.4. The Balaban J connectivity index is 1.12. The number of benzene rings is 8. The van der Waals surface area contributed by atoms with E-state index in [9.17, 15) is 0 Å². The SMILES string of the molecule is [B]c1c([B])c(-c2nc(-c3ccccc3)nc(-c3ccc4c(c3)oc3ccccc34)n2)c2c(oc3c([B])c(-n4c5ccccc5c5cc(-c6ccccc6)ccc54)c([B])c([B])c32)c1[B]. The number of fused-ring (bicyclic) bond motifs is 9. The van der Waals surface area contributed by atoms with Gasteiger partial charge in [-0.25, -0.2) is 15.0 Å². The maximum Gasteiger partial charge on any atom is 0.164 e. The minimum absolute atomic E-state index is 0.0884. The number of rotatable bonds is 5. The van der Waals surface area contributed by atoms with Crippen LogP contribution >= 0.6 is 0 Å². The van der Waals surface area contributed by atoms with Crippen molar-refractivity contribution in [1.29, 1.82) is 0 Å². The van der Waals surface area contributed by atoms with E-state index in [2.05, 4.69) is 36.4 Å². The molecule has 0 aliphatic rings. The summed E-state index contributed by atoms with van der Waals surface area (Å²) in [4.78, 5) is 15.1. The van der Waals surface area contributed by atoms with Crippen LogP contribution in [0.4, 0.5) is 0 Å². The lowest BCUT2D eigenvalue weighted by atomic mass is 9.67. The highest BCUT2D eigenvalue weighted by atomic mass is 16.3. The molecule has 63 heavy (non-hydrogen) atoms. The fourth-order valence-electron chi connectivity index (χ4n) is 9.05. The van der Waals surface area contributed by atoms with E-state index in [0.717, 1.165) is 54.9 Å². The Hall–Kier alpha value is -7.44. The molecular formula is C51H24B6N4O2. The van der Waals surface area contributed by atoms with Crippen LogP contribution in [0, 0.1) is 0 Å². The summed E-state index contributed by atoms with van der Waals surface area (Å²) in [6.07, 6.45) is 0. The molecule has 12 rings (SSSR count). The van der Waals surface area contributed by atoms with E-state index in [-0.39, 0.29) is 49.8 Å². The predicted octanol–water partition coefficient (Wildman–Crippen LogP) is 6.20. The molecule has 0 atom stereocenters. The second kappa shape index (κ2) is 14.0. The molecule has 4 aromatic heterocycles. The van der Waals surface area contributed by atoms with E-state index in [1.54, 1.807) is 0 Å². The monoisotopic (exact) mass is 790 g/mol. The minimum Gasteiger partial charge on any atom is -0.457 e. The lowest BCUT2D eigenvalue weighted by Gasteiger charge is -2.19. The highest BCUT2D eigenvalue weighted by molar-refractivity contribution is 6.65. The van der Waals surface area contributed by atoms with E-state index in [0.29, 0.717) is 44.8 Å². The lowest BCUT2D eigenvalue weighted by Crippen LogP contribution is -2.41. The Labute approximate surface area is 368 Å². The summed E-state index contributed by atoms with van der Waals surface area (Å²) in [7, 11) is 42.0. The first-order chi connectivity index (χ1) is 30.7. The molecule has 0 saturated carbocycles. The van der Waals surface area contributed by atoms with Gasteiger partial charge < -0.3 is 13.4 Å². The second-order valence-corrected chi connectivity index (χ2v) is 15.6. The summed E-state index contributed by atoms with van der Waals surface area (Å²) in [6.45, 7) is 0. The van der Waals surface area contributed by atoms with Crippen molar-refractivity contribution in [1.82, 2.24) is 19.5 Å². The standard InChI is InChI=1S/C51H24B6N4O2/c52-40-38-37-39(51-59-49(26-13-5-2-6-14-26)58-50(60-51)28-19-21-31-30-16-8-10-18-35(30)62-36(31)24-28)41(53)42(54)44(56)47(37)63-48(38)45(57)46(43(40)55)61-33-17-9-7-15-29(33)32-23-27(20-22-34(32)61)25-11-3-1-4-12-25/h1-24H. The number of furan rings is 2. The summed E-state index contributed by atoms with van der Waals surface area (Å²) >= 11 is 0. The molecule has 0 saturated heterocycles. The smallest absolute Gasteiger partial charge is 0.164 e. The van der Waals surface area contributed by atoms with Crippen LogP contribution in [0.5, 0.6) is 0 Å². The van der Waals surface area contributed by atoms with Gasteiger partial charge in [-0.3, -0.25) is 0 Å². The fraction of sp³-hybridized carbons (Fsp3) is 0. The Morgan fingerprint density at radius 3 is 1.75 bits per heavy atom.